The zero-order valence-electron chi connectivity index (χ0n) is 19.2. The Hall–Kier alpha value is -4.10. The maximum Gasteiger partial charge on any atom is 0.310 e. The number of primary amides is 1. The monoisotopic (exact) mass is 490 g/mol. The fourth-order valence-corrected chi connectivity index (χ4v) is 4.10. The van der Waals surface area contributed by atoms with Gasteiger partial charge in [-0.05, 0) is 72.6 Å². The molecular formula is C27H23ClN2O5. The quantitative estimate of drug-likeness (QED) is 0.379. The Kier molecular flexibility index (Phi) is 6.89. The third-order valence-electron chi connectivity index (χ3n) is 5.77. The average molecular weight is 491 g/mol. The summed E-state index contributed by atoms with van der Waals surface area (Å²) in [7, 11) is 1.55. The van der Waals surface area contributed by atoms with E-state index in [4.69, 9.17) is 26.8 Å². The molecular weight excluding hydrogens is 468 g/mol. The predicted octanol–water partition coefficient (Wildman–Crippen LogP) is 4.69. The van der Waals surface area contributed by atoms with Crippen molar-refractivity contribution in [3.63, 3.8) is 0 Å². The van der Waals surface area contributed by atoms with Gasteiger partial charge in [-0.3, -0.25) is 19.0 Å². The summed E-state index contributed by atoms with van der Waals surface area (Å²) >= 11 is 5.98. The Labute approximate surface area is 207 Å². The van der Waals surface area contributed by atoms with Crippen LogP contribution in [-0.2, 0) is 22.6 Å². The van der Waals surface area contributed by atoms with Crippen LogP contribution in [0.4, 0.5) is 0 Å². The van der Waals surface area contributed by atoms with Gasteiger partial charge in [0.25, 0.3) is 5.91 Å². The minimum atomic E-state index is -0.555. The highest BCUT2D eigenvalue weighted by Gasteiger charge is 2.22. The first kappa shape index (κ1) is 24.0. The molecule has 35 heavy (non-hydrogen) atoms. The van der Waals surface area contributed by atoms with Gasteiger partial charge in [0, 0.05) is 27.2 Å². The molecule has 3 aromatic carbocycles. The summed E-state index contributed by atoms with van der Waals surface area (Å²) in [4.78, 5) is 37.6. The fraction of sp³-hybridized carbons (Fsp3) is 0.148. The van der Waals surface area contributed by atoms with Crippen LogP contribution in [0.2, 0.25) is 5.02 Å². The van der Waals surface area contributed by atoms with Gasteiger partial charge >= 0.3 is 5.97 Å². The number of carbonyl (C=O) groups is 3. The van der Waals surface area contributed by atoms with E-state index in [1.807, 2.05) is 0 Å². The molecule has 7 nitrogen and oxygen atoms in total. The number of hydrogen-bond donors (Lipinski definition) is 1. The van der Waals surface area contributed by atoms with Crippen LogP contribution < -0.4 is 10.5 Å². The van der Waals surface area contributed by atoms with Crippen molar-refractivity contribution in [3.8, 4) is 5.75 Å². The van der Waals surface area contributed by atoms with Gasteiger partial charge < -0.3 is 15.2 Å². The molecule has 0 aliphatic rings. The summed E-state index contributed by atoms with van der Waals surface area (Å²) in [6.07, 6.45) is -0.0497. The lowest BCUT2D eigenvalue weighted by Crippen LogP contribution is -2.15. The zero-order chi connectivity index (χ0) is 25.1. The maximum atomic E-state index is 13.4. The van der Waals surface area contributed by atoms with Crippen LogP contribution >= 0.6 is 11.6 Å². The number of benzene rings is 3. The van der Waals surface area contributed by atoms with Gasteiger partial charge in [-0.1, -0.05) is 23.7 Å². The molecule has 0 atom stereocenters. The molecule has 0 fully saturated rings. The predicted molar refractivity (Wildman–Crippen MR) is 133 cm³/mol. The highest BCUT2D eigenvalue weighted by atomic mass is 35.5. The van der Waals surface area contributed by atoms with Crippen molar-refractivity contribution < 1.29 is 23.9 Å². The van der Waals surface area contributed by atoms with Gasteiger partial charge in [-0.15, -0.1) is 0 Å². The summed E-state index contributed by atoms with van der Waals surface area (Å²) in [6, 6.07) is 18.6. The number of fused-ring (bicyclic) bond motifs is 1. The van der Waals surface area contributed by atoms with Crippen molar-refractivity contribution in [1.82, 2.24) is 4.57 Å². The van der Waals surface area contributed by atoms with E-state index < -0.39 is 11.9 Å². The number of aromatic nitrogens is 1. The smallest absolute Gasteiger partial charge is 0.310 e. The first-order valence-electron chi connectivity index (χ1n) is 10.8. The second-order valence-corrected chi connectivity index (χ2v) is 8.43. The number of ether oxygens (including phenoxy) is 2. The fourth-order valence-electron chi connectivity index (χ4n) is 3.97. The molecule has 4 aromatic rings. The SMILES string of the molecule is COc1ccc2c(c1)c(CC(=O)OCc1cccc(C(N)=O)c1)c(C)n2C(=O)c1ccc(Cl)cc1. The first-order valence-corrected chi connectivity index (χ1v) is 11.2. The summed E-state index contributed by atoms with van der Waals surface area (Å²) in [5.41, 5.74) is 8.71. The minimum Gasteiger partial charge on any atom is -0.497 e. The molecule has 1 amide bonds. The van der Waals surface area contributed by atoms with Crippen molar-refractivity contribution in [1.29, 1.82) is 0 Å². The Bertz CT molecular complexity index is 1440. The first-order chi connectivity index (χ1) is 16.8. The normalized spacial score (nSPS) is 10.8. The van der Waals surface area contributed by atoms with E-state index in [0.29, 0.717) is 44.2 Å². The number of nitrogens with zero attached hydrogens (tertiary/aromatic N) is 1. The Balaban J connectivity index is 1.65. The van der Waals surface area contributed by atoms with Crippen molar-refractivity contribution in [2.75, 3.05) is 7.11 Å². The molecule has 0 aliphatic carbocycles. The highest BCUT2D eigenvalue weighted by Crippen LogP contribution is 2.31. The number of nitrogens with two attached hydrogens (primary N) is 1. The standard InChI is InChI=1S/C27H23ClN2O5/c1-16-22(14-25(31)35-15-17-4-3-5-19(12-17)26(29)32)23-13-21(34-2)10-11-24(23)30(16)27(33)18-6-8-20(28)9-7-18/h3-13H,14-15H2,1-2H3,(H2,29,32). The molecule has 0 unspecified atom stereocenters. The van der Waals surface area contributed by atoms with Crippen LogP contribution in [0.15, 0.2) is 66.7 Å². The Morgan fingerprint density at radius 3 is 2.40 bits per heavy atom. The van der Waals surface area contributed by atoms with Crippen LogP contribution in [0, 0.1) is 6.92 Å². The minimum absolute atomic E-state index is 0.00926. The lowest BCUT2D eigenvalue weighted by Gasteiger charge is -2.08. The average Bonchev–Trinajstić information content (AvgIpc) is 3.13. The number of methoxy groups -OCH3 is 1. The molecule has 0 bridgehead atoms. The largest absolute Gasteiger partial charge is 0.497 e. The van der Waals surface area contributed by atoms with E-state index in [1.54, 1.807) is 85.3 Å². The van der Waals surface area contributed by atoms with E-state index >= 15 is 0 Å². The van der Waals surface area contributed by atoms with Gasteiger partial charge in [-0.25, -0.2) is 0 Å². The molecule has 0 saturated heterocycles. The molecule has 1 aromatic heterocycles. The molecule has 0 spiro atoms. The zero-order valence-corrected chi connectivity index (χ0v) is 20.0. The van der Waals surface area contributed by atoms with Gasteiger partial charge in [0.2, 0.25) is 5.91 Å². The van der Waals surface area contributed by atoms with E-state index in [1.165, 1.54) is 0 Å². The molecule has 8 heteroatoms. The van der Waals surface area contributed by atoms with E-state index in [9.17, 15) is 14.4 Å². The lowest BCUT2D eigenvalue weighted by molar-refractivity contribution is -0.144. The number of carbonyl (C=O) groups excluding carboxylic acids is 3. The summed E-state index contributed by atoms with van der Waals surface area (Å²) in [5.74, 6) is -0.664. The van der Waals surface area contributed by atoms with E-state index in [-0.39, 0.29) is 18.9 Å². The molecule has 1 heterocycles. The van der Waals surface area contributed by atoms with Crippen LogP contribution in [-0.4, -0.2) is 29.5 Å². The van der Waals surface area contributed by atoms with Crippen LogP contribution in [0.25, 0.3) is 10.9 Å². The molecule has 2 N–H and O–H groups in total. The van der Waals surface area contributed by atoms with Gasteiger partial charge in [0.15, 0.2) is 0 Å². The summed E-state index contributed by atoms with van der Waals surface area (Å²) < 4.78 is 12.4. The summed E-state index contributed by atoms with van der Waals surface area (Å²) in [5, 5.41) is 1.25. The molecule has 0 saturated carbocycles. The van der Waals surface area contributed by atoms with Crippen molar-refractivity contribution in [3.05, 3.63) is 99.7 Å². The Morgan fingerprint density at radius 1 is 0.971 bits per heavy atom. The number of halogens is 1. The second-order valence-electron chi connectivity index (χ2n) is 8.00. The number of esters is 1. The van der Waals surface area contributed by atoms with E-state index in [0.717, 1.165) is 5.39 Å². The number of amides is 1. The third kappa shape index (κ3) is 5.05. The van der Waals surface area contributed by atoms with E-state index in [2.05, 4.69) is 0 Å². The van der Waals surface area contributed by atoms with Gasteiger partial charge in [-0.2, -0.15) is 0 Å². The molecule has 178 valence electrons. The summed E-state index contributed by atoms with van der Waals surface area (Å²) in [6.45, 7) is 1.78. The van der Waals surface area contributed by atoms with Crippen molar-refractivity contribution >= 4 is 40.3 Å². The van der Waals surface area contributed by atoms with Crippen molar-refractivity contribution in [2.24, 2.45) is 5.73 Å². The highest BCUT2D eigenvalue weighted by molar-refractivity contribution is 6.30. The third-order valence-corrected chi connectivity index (χ3v) is 6.02. The lowest BCUT2D eigenvalue weighted by atomic mass is 10.1. The maximum absolute atomic E-state index is 13.4. The molecule has 0 aliphatic heterocycles. The number of rotatable bonds is 7. The second kappa shape index (κ2) is 10.0. The van der Waals surface area contributed by atoms with Crippen LogP contribution in [0.5, 0.6) is 5.75 Å². The van der Waals surface area contributed by atoms with Crippen LogP contribution in [0.3, 0.4) is 0 Å². The topological polar surface area (TPSA) is 101 Å². The number of hydrogen-bond acceptors (Lipinski definition) is 5. The van der Waals surface area contributed by atoms with Gasteiger partial charge in [0.05, 0.1) is 19.0 Å². The molecule has 4 rings (SSSR count). The van der Waals surface area contributed by atoms with Crippen molar-refractivity contribution in [2.45, 2.75) is 20.0 Å². The van der Waals surface area contributed by atoms with Gasteiger partial charge in [0.1, 0.15) is 12.4 Å². The molecule has 0 radical (unpaired) electrons. The van der Waals surface area contributed by atoms with Crippen LogP contribution in [0.1, 0.15) is 37.5 Å². The Morgan fingerprint density at radius 2 is 1.71 bits per heavy atom.